The van der Waals surface area contributed by atoms with Gasteiger partial charge in [0, 0.05) is 30.7 Å². The predicted octanol–water partition coefficient (Wildman–Crippen LogP) is 6.13. The Balaban J connectivity index is 1.19. The van der Waals surface area contributed by atoms with Crippen molar-refractivity contribution in [3.8, 4) is 0 Å². The number of pyridine rings is 1. The van der Waals surface area contributed by atoms with Gasteiger partial charge in [0.2, 0.25) is 10.9 Å². The summed E-state index contributed by atoms with van der Waals surface area (Å²) in [6, 6.07) is 9.14. The van der Waals surface area contributed by atoms with Crippen molar-refractivity contribution in [1.82, 2.24) is 4.98 Å². The maximum Gasteiger partial charge on any atom is 0.375 e. The van der Waals surface area contributed by atoms with Gasteiger partial charge in [-0.15, -0.1) is 0 Å². The van der Waals surface area contributed by atoms with Gasteiger partial charge < -0.3 is 19.2 Å². The van der Waals surface area contributed by atoms with Crippen LogP contribution in [0.1, 0.15) is 87.9 Å². The smallest absolute Gasteiger partial charge is 0.375 e. The van der Waals surface area contributed by atoms with Gasteiger partial charge in [0.05, 0.1) is 18.1 Å². The van der Waals surface area contributed by atoms with Crippen molar-refractivity contribution < 1.29 is 28.6 Å². The van der Waals surface area contributed by atoms with Gasteiger partial charge in [0.15, 0.2) is 11.4 Å². The number of hydrogen-bond acceptors (Lipinski definition) is 9. The third-order valence-corrected chi connectivity index (χ3v) is 12.9. The van der Waals surface area contributed by atoms with Crippen molar-refractivity contribution in [2.75, 3.05) is 18.0 Å². The van der Waals surface area contributed by atoms with E-state index in [1.807, 2.05) is 24.3 Å². The molecular weight excluding hydrogens is 576 g/mol. The molecule has 1 aliphatic heterocycles. The molecule has 234 valence electrons. The Kier molecular flexibility index (Phi) is 7.55. The zero-order chi connectivity index (χ0) is 30.7. The van der Waals surface area contributed by atoms with E-state index in [2.05, 4.69) is 18.7 Å². The Labute approximate surface area is 263 Å². The lowest BCUT2D eigenvalue weighted by Gasteiger charge is -2.60. The van der Waals surface area contributed by atoms with E-state index in [0.717, 1.165) is 74.9 Å². The van der Waals surface area contributed by atoms with E-state index in [1.165, 1.54) is 11.8 Å². The highest BCUT2D eigenvalue weighted by atomic mass is 32.2. The zero-order valence-corrected chi connectivity index (χ0v) is 26.4. The molecular formula is C35H42N2O6S. The normalized spacial score (nSPS) is 36.3. The van der Waals surface area contributed by atoms with E-state index in [-0.39, 0.29) is 39.8 Å². The van der Waals surface area contributed by atoms with Crippen molar-refractivity contribution in [3.63, 3.8) is 0 Å². The fourth-order valence-corrected chi connectivity index (χ4v) is 10.8. The van der Waals surface area contributed by atoms with Crippen molar-refractivity contribution in [3.05, 3.63) is 59.7 Å². The summed E-state index contributed by atoms with van der Waals surface area (Å²) in [6.45, 7) is 6.26. The molecule has 4 fully saturated rings. The highest BCUT2D eigenvalue weighted by Gasteiger charge is 2.70. The van der Waals surface area contributed by atoms with E-state index >= 15 is 0 Å². The molecule has 2 aromatic rings. The van der Waals surface area contributed by atoms with Crippen LogP contribution in [-0.4, -0.2) is 51.8 Å². The summed E-state index contributed by atoms with van der Waals surface area (Å²) in [6.07, 6.45) is 9.32. The van der Waals surface area contributed by atoms with E-state index < -0.39 is 23.1 Å². The fourth-order valence-electron chi connectivity index (χ4n) is 9.75. The van der Waals surface area contributed by atoms with Crippen LogP contribution in [0.3, 0.4) is 0 Å². The molecule has 3 heterocycles. The summed E-state index contributed by atoms with van der Waals surface area (Å²) in [5, 5.41) is 11.8. The number of aromatic nitrogens is 1. The van der Waals surface area contributed by atoms with E-state index in [9.17, 15) is 19.5 Å². The minimum absolute atomic E-state index is 0.00512. The van der Waals surface area contributed by atoms with Crippen LogP contribution in [0, 0.1) is 28.6 Å². The summed E-state index contributed by atoms with van der Waals surface area (Å²) in [4.78, 5) is 47.5. The van der Waals surface area contributed by atoms with Crippen LogP contribution in [0.2, 0.25) is 0 Å². The molecule has 7 atom stereocenters. The third-order valence-electron chi connectivity index (χ3n) is 11.9. The number of esters is 1. The van der Waals surface area contributed by atoms with Gasteiger partial charge in [-0.25, -0.2) is 9.78 Å². The number of ether oxygens (including phenoxy) is 1. The molecule has 4 aliphatic carbocycles. The SMILES string of the molecule is CC12CCC(=O)C=C1CCC1C2C(O)CC2(C)C1CC[C@]2(OC(=O)c1ccco1)C(=O)SCc1cccc(N2CCCC2)n1. The maximum absolute atomic E-state index is 14.5. The highest BCUT2D eigenvalue weighted by molar-refractivity contribution is 8.13. The molecule has 0 spiro atoms. The predicted molar refractivity (Wildman–Crippen MR) is 167 cm³/mol. The quantitative estimate of drug-likeness (QED) is 0.382. The molecule has 8 nitrogen and oxygen atoms in total. The number of furan rings is 1. The molecule has 1 saturated heterocycles. The van der Waals surface area contributed by atoms with Crippen LogP contribution >= 0.6 is 11.8 Å². The Hall–Kier alpha value is -2.91. The van der Waals surface area contributed by atoms with Crippen LogP contribution in [0.25, 0.3) is 0 Å². The number of nitrogens with zero attached hydrogens (tertiary/aromatic N) is 2. The molecule has 0 aromatic carbocycles. The lowest BCUT2D eigenvalue weighted by Crippen LogP contribution is -2.62. The molecule has 7 rings (SSSR count). The topological polar surface area (TPSA) is 110 Å². The Morgan fingerprint density at radius 1 is 1.11 bits per heavy atom. The summed E-state index contributed by atoms with van der Waals surface area (Å²) < 4.78 is 11.7. The standard InChI is InChI=1S/C35H42N2O6S/c1-33-14-12-24(38)19-22(33)10-11-25-26-13-15-35(34(26,2)20-27(39)30(25)33,43-31(40)28-8-6-18-42-28)32(41)44-21-23-7-5-9-29(36-23)37-16-3-4-17-37/h5-9,18-19,25-27,30,39H,3-4,10-17,20-21H2,1-2H3/t25?,26?,27?,30?,33?,34?,35-/m0/s1. The minimum atomic E-state index is -1.41. The molecule has 0 bridgehead atoms. The van der Waals surface area contributed by atoms with Crippen molar-refractivity contribution in [2.24, 2.45) is 28.6 Å². The Bertz CT molecular complexity index is 1480. The van der Waals surface area contributed by atoms with Gasteiger partial charge >= 0.3 is 5.97 Å². The number of hydrogen-bond donors (Lipinski definition) is 1. The van der Waals surface area contributed by atoms with Crippen molar-refractivity contribution in [2.45, 2.75) is 89.1 Å². The van der Waals surface area contributed by atoms with Crippen molar-refractivity contribution >= 4 is 34.4 Å². The van der Waals surface area contributed by atoms with E-state index in [0.29, 0.717) is 25.0 Å². The second kappa shape index (κ2) is 11.2. The molecule has 5 aliphatic rings. The number of carbonyl (C=O) groups excluding carboxylic acids is 3. The third kappa shape index (κ3) is 4.68. The maximum atomic E-state index is 14.5. The van der Waals surface area contributed by atoms with Gasteiger partial charge in [0.1, 0.15) is 5.82 Å². The first-order valence-corrected chi connectivity index (χ1v) is 17.2. The fraction of sp³-hybridized carbons (Fsp3) is 0.600. The summed E-state index contributed by atoms with van der Waals surface area (Å²) >= 11 is 1.16. The van der Waals surface area contributed by atoms with E-state index in [4.69, 9.17) is 14.1 Å². The number of aliphatic hydroxyl groups is 1. The summed E-state index contributed by atoms with van der Waals surface area (Å²) in [5.74, 6) is 1.17. The first-order chi connectivity index (χ1) is 21.1. The number of aliphatic hydroxyl groups excluding tert-OH is 1. The van der Waals surface area contributed by atoms with Crippen LogP contribution < -0.4 is 4.90 Å². The van der Waals surface area contributed by atoms with Gasteiger partial charge in [-0.05, 0) is 105 Å². The molecule has 6 unspecified atom stereocenters. The summed E-state index contributed by atoms with van der Waals surface area (Å²) in [7, 11) is 0. The number of carbonyl (C=O) groups is 3. The lowest BCUT2D eigenvalue weighted by atomic mass is 9.45. The number of thioether (sulfide) groups is 1. The minimum Gasteiger partial charge on any atom is -0.457 e. The van der Waals surface area contributed by atoms with Gasteiger partial charge in [0.25, 0.3) is 0 Å². The molecule has 3 saturated carbocycles. The van der Waals surface area contributed by atoms with Crippen LogP contribution in [0.5, 0.6) is 0 Å². The monoisotopic (exact) mass is 618 g/mol. The zero-order valence-electron chi connectivity index (χ0n) is 25.6. The second-order valence-corrected chi connectivity index (χ2v) is 15.0. The number of anilines is 1. The molecule has 0 amide bonds. The van der Waals surface area contributed by atoms with Gasteiger partial charge in [-0.1, -0.05) is 37.2 Å². The number of ketones is 1. The molecule has 2 aromatic heterocycles. The van der Waals surface area contributed by atoms with Crippen molar-refractivity contribution in [1.29, 1.82) is 0 Å². The number of fused-ring (bicyclic) bond motifs is 5. The molecule has 1 N–H and O–H groups in total. The first kappa shape index (κ1) is 29.8. The Morgan fingerprint density at radius 3 is 2.70 bits per heavy atom. The van der Waals surface area contributed by atoms with Crippen LogP contribution in [0.15, 0.2) is 52.7 Å². The summed E-state index contributed by atoms with van der Waals surface area (Å²) in [5.41, 5.74) is -0.424. The van der Waals surface area contributed by atoms with Gasteiger partial charge in [-0.3, -0.25) is 9.59 Å². The Morgan fingerprint density at radius 2 is 1.93 bits per heavy atom. The average Bonchev–Trinajstić information content (AvgIpc) is 3.78. The lowest BCUT2D eigenvalue weighted by molar-refractivity contribution is -0.176. The van der Waals surface area contributed by atoms with Crippen LogP contribution in [-0.2, 0) is 20.1 Å². The molecule has 0 radical (unpaired) electrons. The average molecular weight is 619 g/mol. The highest BCUT2D eigenvalue weighted by Crippen LogP contribution is 2.69. The van der Waals surface area contributed by atoms with E-state index in [1.54, 1.807) is 12.1 Å². The second-order valence-electron chi connectivity index (χ2n) is 14.1. The van der Waals surface area contributed by atoms with Crippen LogP contribution in [0.4, 0.5) is 5.82 Å². The van der Waals surface area contributed by atoms with Gasteiger partial charge in [-0.2, -0.15) is 0 Å². The number of allylic oxidation sites excluding steroid dienone is 1. The molecule has 44 heavy (non-hydrogen) atoms. The number of rotatable bonds is 6. The molecule has 9 heteroatoms. The first-order valence-electron chi connectivity index (χ1n) is 16.2. The largest absolute Gasteiger partial charge is 0.457 e.